The molecule has 0 bridgehead atoms. The van der Waals surface area contributed by atoms with Crippen LogP contribution in [0.5, 0.6) is 0 Å². The molecule has 2 fully saturated rings. The van der Waals surface area contributed by atoms with Crippen LogP contribution in [0.25, 0.3) is 0 Å². The number of rotatable bonds is 7. The fourth-order valence-electron chi connectivity index (χ4n) is 3.59. The summed E-state index contributed by atoms with van der Waals surface area (Å²) in [5.74, 6) is -0.770. The Hall–Kier alpha value is -1.44. The van der Waals surface area contributed by atoms with Gasteiger partial charge in [0.05, 0.1) is 25.5 Å². The van der Waals surface area contributed by atoms with E-state index in [0.717, 1.165) is 0 Å². The molecule has 3 N–H and O–H groups in total. The van der Waals surface area contributed by atoms with E-state index in [1.165, 1.54) is 0 Å². The summed E-state index contributed by atoms with van der Waals surface area (Å²) in [6.07, 6.45) is 0.820. The van der Waals surface area contributed by atoms with E-state index in [0.29, 0.717) is 25.3 Å². The van der Waals surface area contributed by atoms with Gasteiger partial charge < -0.3 is 39.0 Å². The predicted molar refractivity (Wildman–Crippen MR) is 95.3 cm³/mol. The molecule has 0 unspecified atom stereocenters. The van der Waals surface area contributed by atoms with Crippen LogP contribution in [-0.2, 0) is 36.6 Å². The van der Waals surface area contributed by atoms with Gasteiger partial charge in [-0.15, -0.1) is 5.10 Å². The van der Waals surface area contributed by atoms with Crippen molar-refractivity contribution in [1.82, 2.24) is 15.0 Å². The molecule has 162 valence electrons. The zero-order chi connectivity index (χ0) is 20.6. The summed E-state index contributed by atoms with van der Waals surface area (Å²) in [6.45, 7) is 3.92. The number of aromatic nitrogens is 3. The predicted octanol–water partition coefficient (Wildman–Crippen LogP) is -1.29. The minimum Gasteiger partial charge on any atom is -0.394 e. The van der Waals surface area contributed by atoms with Gasteiger partial charge in [0, 0.05) is 12.6 Å². The fourth-order valence-corrected chi connectivity index (χ4v) is 3.59. The molecule has 11 nitrogen and oxygen atoms in total. The first-order chi connectivity index (χ1) is 13.8. The molecular formula is C18H27N3O8. The number of hydrogen-bond acceptors (Lipinski definition) is 10. The summed E-state index contributed by atoms with van der Waals surface area (Å²) >= 11 is 0. The van der Waals surface area contributed by atoms with Crippen molar-refractivity contribution >= 4 is 0 Å². The second-order valence-corrected chi connectivity index (χ2v) is 7.79. The molecule has 3 aliphatic heterocycles. The Morgan fingerprint density at radius 2 is 2.00 bits per heavy atom. The van der Waals surface area contributed by atoms with Gasteiger partial charge in [0.25, 0.3) is 0 Å². The fraction of sp³-hybridized carbons (Fsp3) is 0.778. The zero-order valence-corrected chi connectivity index (χ0v) is 16.3. The van der Waals surface area contributed by atoms with Crippen LogP contribution in [0.1, 0.15) is 19.5 Å². The lowest BCUT2D eigenvalue weighted by atomic mass is 10.1. The Bertz CT molecular complexity index is 726. The van der Waals surface area contributed by atoms with Crippen LogP contribution < -0.4 is 0 Å². The van der Waals surface area contributed by atoms with Gasteiger partial charge in [0.1, 0.15) is 30.5 Å². The number of ether oxygens (including phenoxy) is 5. The Balaban J connectivity index is 1.23. The van der Waals surface area contributed by atoms with E-state index < -0.39 is 48.9 Å². The lowest BCUT2D eigenvalue weighted by Gasteiger charge is -2.28. The smallest absolute Gasteiger partial charge is 0.190 e. The van der Waals surface area contributed by atoms with E-state index in [1.807, 2.05) is 0 Å². The van der Waals surface area contributed by atoms with Gasteiger partial charge in [0.15, 0.2) is 18.4 Å². The number of fused-ring (bicyclic) bond motifs is 1. The van der Waals surface area contributed by atoms with E-state index in [4.69, 9.17) is 28.8 Å². The van der Waals surface area contributed by atoms with E-state index in [2.05, 4.69) is 10.3 Å². The van der Waals surface area contributed by atoms with Crippen molar-refractivity contribution in [1.29, 1.82) is 0 Å². The second kappa shape index (κ2) is 8.36. The van der Waals surface area contributed by atoms with Crippen LogP contribution in [0.3, 0.4) is 0 Å². The first-order valence-electron chi connectivity index (χ1n) is 9.67. The van der Waals surface area contributed by atoms with Gasteiger partial charge in [-0.25, -0.2) is 4.68 Å². The topological polar surface area (TPSA) is 138 Å². The molecule has 4 rings (SSSR count). The third-order valence-electron chi connectivity index (χ3n) is 5.04. The van der Waals surface area contributed by atoms with Gasteiger partial charge in [0.2, 0.25) is 0 Å². The van der Waals surface area contributed by atoms with Crippen LogP contribution in [0.2, 0.25) is 0 Å². The van der Waals surface area contributed by atoms with Crippen LogP contribution in [-0.4, -0.2) is 92.4 Å². The SMILES string of the molecule is CC1(C)O[C@H]2O[C@H](Cn3cc(CCO[C@@H]4C=C[C@H](O)[C@@H](CO)O4)nn3)[C@H](O)[C@H]2O1. The van der Waals surface area contributed by atoms with Crippen molar-refractivity contribution in [2.45, 2.75) is 75.7 Å². The number of hydrogen-bond donors (Lipinski definition) is 3. The molecule has 0 spiro atoms. The Morgan fingerprint density at radius 1 is 1.17 bits per heavy atom. The van der Waals surface area contributed by atoms with Crippen molar-refractivity contribution < 1.29 is 39.0 Å². The summed E-state index contributed by atoms with van der Waals surface area (Å²) in [4.78, 5) is 0. The highest BCUT2D eigenvalue weighted by atomic mass is 16.8. The average Bonchev–Trinajstić information content (AvgIpc) is 3.32. The molecule has 0 aliphatic carbocycles. The van der Waals surface area contributed by atoms with Crippen molar-refractivity contribution in [3.63, 3.8) is 0 Å². The Morgan fingerprint density at radius 3 is 2.76 bits per heavy atom. The van der Waals surface area contributed by atoms with Crippen LogP contribution >= 0.6 is 0 Å². The van der Waals surface area contributed by atoms with Crippen molar-refractivity contribution in [2.75, 3.05) is 13.2 Å². The average molecular weight is 413 g/mol. The Labute approximate surface area is 167 Å². The molecule has 1 aromatic heterocycles. The molecule has 0 radical (unpaired) electrons. The molecule has 29 heavy (non-hydrogen) atoms. The maximum Gasteiger partial charge on any atom is 0.190 e. The summed E-state index contributed by atoms with van der Waals surface area (Å²) in [7, 11) is 0. The zero-order valence-electron chi connectivity index (χ0n) is 16.3. The minimum absolute atomic E-state index is 0.288. The summed E-state index contributed by atoms with van der Waals surface area (Å²) < 4.78 is 29.7. The molecular weight excluding hydrogens is 386 g/mol. The van der Waals surface area contributed by atoms with E-state index >= 15 is 0 Å². The third kappa shape index (κ3) is 4.67. The molecule has 0 amide bonds. The molecule has 3 aliphatic rings. The quantitative estimate of drug-likeness (QED) is 0.463. The van der Waals surface area contributed by atoms with E-state index in [1.54, 1.807) is 36.9 Å². The van der Waals surface area contributed by atoms with Crippen molar-refractivity contribution in [3.05, 3.63) is 24.0 Å². The van der Waals surface area contributed by atoms with Gasteiger partial charge in [-0.3, -0.25) is 0 Å². The lowest BCUT2D eigenvalue weighted by molar-refractivity contribution is -0.216. The highest BCUT2D eigenvalue weighted by Gasteiger charge is 2.54. The molecule has 2 saturated heterocycles. The number of nitrogens with zero attached hydrogens (tertiary/aromatic N) is 3. The normalized spacial score (nSPS) is 38.4. The van der Waals surface area contributed by atoms with Crippen molar-refractivity contribution in [3.8, 4) is 0 Å². The summed E-state index contributed by atoms with van der Waals surface area (Å²) in [5.41, 5.74) is 0.713. The number of aliphatic hydroxyl groups excluding tert-OH is 3. The van der Waals surface area contributed by atoms with E-state index in [-0.39, 0.29) is 6.61 Å². The first-order valence-corrected chi connectivity index (χ1v) is 9.67. The van der Waals surface area contributed by atoms with Gasteiger partial charge >= 0.3 is 0 Å². The standard InChI is InChI=1S/C18H27N3O8/c1-18(2)28-16-15(24)12(27-17(16)29-18)8-21-7-10(19-20-21)5-6-25-14-4-3-11(23)13(9-22)26-14/h3-4,7,11-17,22-24H,5-6,8-9H2,1-2H3/t11-,12+,13+,14-,15-,16+,17+/m0/s1. The molecule has 0 saturated carbocycles. The van der Waals surface area contributed by atoms with E-state index in [9.17, 15) is 10.2 Å². The van der Waals surface area contributed by atoms with Crippen LogP contribution in [0.15, 0.2) is 18.3 Å². The largest absolute Gasteiger partial charge is 0.394 e. The molecule has 0 aromatic carbocycles. The molecule has 1 aromatic rings. The number of aliphatic hydroxyl groups is 3. The second-order valence-electron chi connectivity index (χ2n) is 7.79. The summed E-state index contributed by atoms with van der Waals surface area (Å²) in [6, 6.07) is 0. The molecule has 7 atom stereocenters. The summed E-state index contributed by atoms with van der Waals surface area (Å²) in [5, 5.41) is 37.4. The third-order valence-corrected chi connectivity index (χ3v) is 5.04. The molecule has 11 heteroatoms. The van der Waals surface area contributed by atoms with Crippen molar-refractivity contribution in [2.24, 2.45) is 0 Å². The Kier molecular flexibility index (Phi) is 6.00. The maximum absolute atomic E-state index is 10.4. The van der Waals surface area contributed by atoms with Crippen LogP contribution in [0, 0.1) is 0 Å². The first kappa shape index (κ1) is 20.8. The molecule has 4 heterocycles. The van der Waals surface area contributed by atoms with Gasteiger partial charge in [-0.1, -0.05) is 11.3 Å². The lowest BCUT2D eigenvalue weighted by Crippen LogP contribution is -2.38. The van der Waals surface area contributed by atoms with Crippen LogP contribution in [0.4, 0.5) is 0 Å². The monoisotopic (exact) mass is 413 g/mol. The van der Waals surface area contributed by atoms with Gasteiger partial charge in [-0.05, 0) is 19.9 Å². The maximum atomic E-state index is 10.4. The van der Waals surface area contributed by atoms with Gasteiger partial charge in [-0.2, -0.15) is 0 Å². The highest BCUT2D eigenvalue weighted by Crippen LogP contribution is 2.37. The minimum atomic E-state index is -0.839. The highest BCUT2D eigenvalue weighted by molar-refractivity contribution is 5.00.